The highest BCUT2D eigenvalue weighted by Crippen LogP contribution is 2.34. The lowest BCUT2D eigenvalue weighted by molar-refractivity contribution is -0.137. The molecule has 2 aromatic heterocycles. The van der Waals surface area contributed by atoms with E-state index in [0.717, 1.165) is 47.6 Å². The van der Waals surface area contributed by atoms with Gasteiger partial charge in [0.1, 0.15) is 0 Å². The molecule has 0 fully saturated rings. The second kappa shape index (κ2) is 8.45. The molecule has 0 aliphatic heterocycles. The molecule has 5 heteroatoms. The minimum atomic E-state index is -4.34. The van der Waals surface area contributed by atoms with E-state index in [2.05, 4.69) is 60.9 Å². The van der Waals surface area contributed by atoms with E-state index in [1.165, 1.54) is 17.7 Å². The molecule has 0 aliphatic carbocycles. The average Bonchev–Trinajstić information content (AvgIpc) is 3.37. The predicted molar refractivity (Wildman–Crippen MR) is 132 cm³/mol. The lowest BCUT2D eigenvalue weighted by Gasteiger charge is -2.05. The van der Waals surface area contributed by atoms with Crippen molar-refractivity contribution in [3.63, 3.8) is 0 Å². The van der Waals surface area contributed by atoms with Crippen LogP contribution in [0.2, 0.25) is 0 Å². The van der Waals surface area contributed by atoms with Crippen molar-refractivity contribution in [3.05, 3.63) is 105 Å². The third kappa shape index (κ3) is 4.81. The van der Waals surface area contributed by atoms with Crippen molar-refractivity contribution >= 4 is 42.8 Å². The number of halogens is 3. The zero-order valence-corrected chi connectivity index (χ0v) is 19.0. The summed E-state index contributed by atoms with van der Waals surface area (Å²) in [4.78, 5) is 1.90. The van der Waals surface area contributed by atoms with E-state index in [4.69, 9.17) is 0 Å². The molecule has 0 saturated carbocycles. The monoisotopic (exact) mass is 472 g/mol. The van der Waals surface area contributed by atoms with Crippen LogP contribution in [0.4, 0.5) is 13.2 Å². The fourth-order valence-electron chi connectivity index (χ4n) is 3.34. The van der Waals surface area contributed by atoms with Gasteiger partial charge in [-0.05, 0) is 78.4 Å². The number of alkyl halides is 3. The van der Waals surface area contributed by atoms with Gasteiger partial charge < -0.3 is 0 Å². The van der Waals surface area contributed by atoms with E-state index >= 15 is 0 Å². The van der Waals surface area contributed by atoms with Gasteiger partial charge in [0, 0.05) is 20.5 Å². The van der Waals surface area contributed by atoms with Crippen molar-refractivity contribution in [2.45, 2.75) is 13.1 Å². The summed E-state index contributed by atoms with van der Waals surface area (Å²) in [6.07, 6.45) is -4.34. The van der Waals surface area contributed by atoms with Crippen LogP contribution in [0.1, 0.15) is 32.0 Å². The molecule has 0 aliphatic rings. The maximum absolute atomic E-state index is 12.7. The summed E-state index contributed by atoms with van der Waals surface area (Å²) in [7, 11) is 0. The van der Waals surface area contributed by atoms with Crippen LogP contribution in [0.15, 0.2) is 72.8 Å². The molecule has 0 radical (unpaired) electrons. The number of fused-ring (bicyclic) bond motifs is 2. The first kappa shape index (κ1) is 21.3. The van der Waals surface area contributed by atoms with Crippen LogP contribution < -0.4 is 0 Å². The zero-order chi connectivity index (χ0) is 23.0. The minimum Gasteiger partial charge on any atom is -0.166 e. The Hall–Kier alpha value is -3.51. The third-order valence-corrected chi connectivity index (χ3v) is 7.11. The van der Waals surface area contributed by atoms with Gasteiger partial charge in [0.25, 0.3) is 0 Å². The van der Waals surface area contributed by atoms with Crippen molar-refractivity contribution in [1.82, 2.24) is 0 Å². The molecule has 0 amide bonds. The molecule has 0 atom stereocenters. The first-order chi connectivity index (χ1) is 15.8. The number of rotatable bonds is 0. The SMILES string of the molecule is Cc1ccc(C#Cc2cc3cc4sc(C#Cc5ccc(C(F)(F)F)cc5)cc4cc3s2)cc1. The van der Waals surface area contributed by atoms with Gasteiger partial charge in [-0.2, -0.15) is 13.2 Å². The Morgan fingerprint density at radius 2 is 1.06 bits per heavy atom. The minimum absolute atomic E-state index is 0.554. The van der Waals surface area contributed by atoms with Crippen LogP contribution in [0.5, 0.6) is 0 Å². The molecule has 0 unspecified atom stereocenters. The first-order valence-corrected chi connectivity index (χ1v) is 11.7. The largest absolute Gasteiger partial charge is 0.416 e. The van der Waals surface area contributed by atoms with Crippen LogP contribution in [-0.4, -0.2) is 0 Å². The Bertz CT molecular complexity index is 1540. The molecule has 160 valence electrons. The van der Waals surface area contributed by atoms with E-state index in [1.54, 1.807) is 22.7 Å². The Morgan fingerprint density at radius 1 is 0.606 bits per heavy atom. The van der Waals surface area contributed by atoms with Gasteiger partial charge >= 0.3 is 6.18 Å². The van der Waals surface area contributed by atoms with Gasteiger partial charge in [-0.25, -0.2) is 0 Å². The molecule has 0 spiro atoms. The quantitative estimate of drug-likeness (QED) is 0.199. The van der Waals surface area contributed by atoms with Gasteiger partial charge in [-0.15, -0.1) is 22.7 Å². The van der Waals surface area contributed by atoms with Crippen LogP contribution in [-0.2, 0) is 6.18 Å². The van der Waals surface area contributed by atoms with E-state index in [-0.39, 0.29) is 0 Å². The summed E-state index contributed by atoms with van der Waals surface area (Å²) in [6, 6.07) is 21.5. The maximum Gasteiger partial charge on any atom is 0.416 e. The number of aryl methyl sites for hydroxylation is 1. The number of thiophene rings is 2. The van der Waals surface area contributed by atoms with Crippen LogP contribution in [0, 0.1) is 30.6 Å². The third-order valence-electron chi connectivity index (χ3n) is 5.08. The van der Waals surface area contributed by atoms with Gasteiger partial charge in [0.05, 0.1) is 15.3 Å². The molecule has 2 heterocycles. The fraction of sp³-hybridized carbons (Fsp3) is 0.0714. The maximum atomic E-state index is 12.7. The molecule has 5 rings (SSSR count). The highest BCUT2D eigenvalue weighted by atomic mass is 32.1. The smallest absolute Gasteiger partial charge is 0.166 e. The van der Waals surface area contributed by atoms with Crippen LogP contribution in [0.3, 0.4) is 0 Å². The van der Waals surface area contributed by atoms with Crippen LogP contribution >= 0.6 is 22.7 Å². The molecule has 0 saturated heterocycles. The second-order valence-corrected chi connectivity index (χ2v) is 9.76. The Morgan fingerprint density at radius 3 is 1.52 bits per heavy atom. The summed E-state index contributed by atoms with van der Waals surface area (Å²) < 4.78 is 40.4. The fourth-order valence-corrected chi connectivity index (χ4v) is 5.24. The molecule has 33 heavy (non-hydrogen) atoms. The second-order valence-electron chi connectivity index (χ2n) is 7.59. The molecular weight excluding hydrogens is 457 g/mol. The summed E-state index contributed by atoms with van der Waals surface area (Å²) in [5.74, 6) is 12.5. The summed E-state index contributed by atoms with van der Waals surface area (Å²) >= 11 is 3.23. The molecule has 3 aromatic carbocycles. The van der Waals surface area contributed by atoms with Crippen molar-refractivity contribution in [2.24, 2.45) is 0 Å². The predicted octanol–water partition coefficient (Wildman–Crippen LogP) is 8.24. The van der Waals surface area contributed by atoms with Crippen molar-refractivity contribution < 1.29 is 13.2 Å². The average molecular weight is 473 g/mol. The van der Waals surface area contributed by atoms with Crippen molar-refractivity contribution in [1.29, 1.82) is 0 Å². The van der Waals surface area contributed by atoms with Gasteiger partial charge in [-0.3, -0.25) is 0 Å². The Balaban J connectivity index is 1.39. The Labute approximate surface area is 197 Å². The van der Waals surface area contributed by atoms with Gasteiger partial charge in [-0.1, -0.05) is 41.4 Å². The summed E-state index contributed by atoms with van der Waals surface area (Å²) in [6.45, 7) is 2.06. The molecular formula is C28H15F3S2. The number of hydrogen-bond acceptors (Lipinski definition) is 2. The highest BCUT2D eigenvalue weighted by molar-refractivity contribution is 7.21. The Kier molecular flexibility index (Phi) is 5.46. The zero-order valence-electron chi connectivity index (χ0n) is 17.4. The standard InChI is InChI=1S/C28H15F3S2/c1-18-2-4-19(5-3-18)8-12-24-14-21-16-27-22(17-26(21)32-24)15-25(33-27)13-9-20-6-10-23(11-7-20)28(29,30)31/h2-7,10-11,14-17H,1H3. The van der Waals surface area contributed by atoms with E-state index in [1.807, 2.05) is 18.2 Å². The van der Waals surface area contributed by atoms with Crippen LogP contribution in [0.25, 0.3) is 20.2 Å². The number of hydrogen-bond donors (Lipinski definition) is 0. The first-order valence-electron chi connectivity index (χ1n) is 10.1. The van der Waals surface area contributed by atoms with E-state index in [0.29, 0.717) is 5.56 Å². The molecule has 0 N–H and O–H groups in total. The molecule has 5 aromatic rings. The lowest BCUT2D eigenvalue weighted by atomic mass is 10.1. The molecule has 0 bridgehead atoms. The molecule has 0 nitrogen and oxygen atoms in total. The summed E-state index contributed by atoms with van der Waals surface area (Å²) in [5.41, 5.74) is 2.09. The van der Waals surface area contributed by atoms with E-state index in [9.17, 15) is 13.2 Å². The number of benzene rings is 3. The summed E-state index contributed by atoms with van der Waals surface area (Å²) in [5, 5.41) is 2.24. The van der Waals surface area contributed by atoms with Crippen molar-refractivity contribution in [3.8, 4) is 23.7 Å². The highest BCUT2D eigenvalue weighted by Gasteiger charge is 2.29. The van der Waals surface area contributed by atoms with E-state index < -0.39 is 11.7 Å². The normalized spacial score (nSPS) is 11.2. The van der Waals surface area contributed by atoms with Gasteiger partial charge in [0.15, 0.2) is 0 Å². The van der Waals surface area contributed by atoms with Crippen molar-refractivity contribution in [2.75, 3.05) is 0 Å². The topological polar surface area (TPSA) is 0 Å². The lowest BCUT2D eigenvalue weighted by Crippen LogP contribution is -2.04. The van der Waals surface area contributed by atoms with Gasteiger partial charge in [0.2, 0.25) is 0 Å².